The van der Waals surface area contributed by atoms with Crippen LogP contribution in [0, 0.1) is 17.3 Å². The molecular formula is C47H59N9O7. The number of nitrogens with zero attached hydrogens (tertiary/aromatic N) is 6. The Kier molecular flexibility index (Phi) is 12.1. The zero-order valence-electron chi connectivity index (χ0n) is 37.3. The zero-order chi connectivity index (χ0) is 44.9. The van der Waals surface area contributed by atoms with E-state index in [0.29, 0.717) is 50.3 Å². The highest BCUT2D eigenvalue weighted by Crippen LogP contribution is 2.57. The first-order chi connectivity index (χ1) is 30.2. The summed E-state index contributed by atoms with van der Waals surface area (Å²) >= 11 is 0. The molecule has 6 bridgehead atoms. The summed E-state index contributed by atoms with van der Waals surface area (Å²) in [6.07, 6.45) is 4.07. The van der Waals surface area contributed by atoms with Gasteiger partial charge in [0.2, 0.25) is 17.7 Å². The van der Waals surface area contributed by atoms with E-state index in [1.54, 1.807) is 25.3 Å². The zero-order valence-corrected chi connectivity index (χ0v) is 37.3. The maximum Gasteiger partial charge on any atom is 0.324 e. The maximum atomic E-state index is 14.6. The van der Waals surface area contributed by atoms with Crippen molar-refractivity contribution in [3.8, 4) is 22.5 Å². The summed E-state index contributed by atoms with van der Waals surface area (Å²) in [5, 5.41) is 13.3. The van der Waals surface area contributed by atoms with Gasteiger partial charge in [0.05, 0.1) is 29.6 Å². The summed E-state index contributed by atoms with van der Waals surface area (Å²) in [6.45, 7) is 15.3. The summed E-state index contributed by atoms with van der Waals surface area (Å²) in [4.78, 5) is 77.1. The molecule has 4 aliphatic rings. The number of aromatic amines is 1. The lowest BCUT2D eigenvalue weighted by atomic mass is 9.67. The number of nitrogens with one attached hydrogen (secondary N) is 3. The Morgan fingerprint density at radius 3 is 2.67 bits per heavy atom. The van der Waals surface area contributed by atoms with Crippen LogP contribution in [0.15, 0.2) is 55.3 Å². The van der Waals surface area contributed by atoms with Crippen LogP contribution in [0.25, 0.3) is 33.4 Å². The second-order valence-electron chi connectivity index (χ2n) is 18.4. The lowest BCUT2D eigenvalue weighted by Gasteiger charge is -2.42. The van der Waals surface area contributed by atoms with Gasteiger partial charge in [-0.2, -0.15) is 5.10 Å². The van der Waals surface area contributed by atoms with Crippen molar-refractivity contribution < 1.29 is 33.4 Å². The second kappa shape index (κ2) is 17.4. The van der Waals surface area contributed by atoms with Crippen LogP contribution in [0.1, 0.15) is 82.9 Å². The first-order valence-electron chi connectivity index (χ1n) is 22.1. The van der Waals surface area contributed by atoms with Crippen LogP contribution in [0.3, 0.4) is 0 Å². The molecule has 4 amide bonds. The van der Waals surface area contributed by atoms with Gasteiger partial charge in [0.1, 0.15) is 24.2 Å². The van der Waals surface area contributed by atoms with E-state index in [4.69, 9.17) is 19.6 Å². The Morgan fingerprint density at radius 1 is 1.14 bits per heavy atom. The minimum absolute atomic E-state index is 0.0496. The highest BCUT2D eigenvalue weighted by molar-refractivity contribution is 5.97. The molecule has 2 saturated heterocycles. The minimum Gasteiger partial charge on any atom is -0.464 e. The average molecular weight is 862 g/mol. The van der Waals surface area contributed by atoms with Crippen LogP contribution in [-0.2, 0) is 46.4 Å². The lowest BCUT2D eigenvalue weighted by molar-refractivity contribution is -0.156. The molecule has 1 aromatic carbocycles. The number of cyclic esters (lactones) is 1. The predicted molar refractivity (Wildman–Crippen MR) is 235 cm³/mol. The Labute approximate surface area is 367 Å². The van der Waals surface area contributed by atoms with Gasteiger partial charge in [0, 0.05) is 92.0 Å². The number of likely N-dealkylation sites (tertiary alicyclic amines) is 1. The number of aryl methyl sites for hydroxylation is 1. The van der Waals surface area contributed by atoms with Crippen molar-refractivity contribution in [1.29, 1.82) is 0 Å². The number of pyridine rings is 1. The van der Waals surface area contributed by atoms with Gasteiger partial charge in [-0.3, -0.25) is 39.1 Å². The van der Waals surface area contributed by atoms with Crippen molar-refractivity contribution in [3.63, 3.8) is 0 Å². The number of amides is 4. The van der Waals surface area contributed by atoms with Crippen molar-refractivity contribution in [2.75, 3.05) is 40.4 Å². The number of carbonyl (C=O) groups excluding carboxylic acids is 5. The van der Waals surface area contributed by atoms with Crippen LogP contribution in [0.5, 0.6) is 0 Å². The highest BCUT2D eigenvalue weighted by atomic mass is 16.5. The third-order valence-corrected chi connectivity index (χ3v) is 13.5. The van der Waals surface area contributed by atoms with E-state index < -0.39 is 53.3 Å². The van der Waals surface area contributed by atoms with Crippen molar-refractivity contribution in [3.05, 3.63) is 72.2 Å². The molecule has 1 aliphatic carbocycles. The summed E-state index contributed by atoms with van der Waals surface area (Å²) in [7, 11) is 3.29. The molecule has 3 N–H and O–H groups in total. The highest BCUT2D eigenvalue weighted by Gasteiger charge is 2.48. The van der Waals surface area contributed by atoms with Crippen molar-refractivity contribution in [2.24, 2.45) is 17.3 Å². The molecule has 2 fully saturated rings. The average Bonchev–Trinajstić information content (AvgIpc) is 4.04. The number of benzene rings is 1. The van der Waals surface area contributed by atoms with Gasteiger partial charge in [-0.05, 0) is 74.1 Å². The number of hydrazine groups is 1. The molecule has 2 unspecified atom stereocenters. The fourth-order valence-electron chi connectivity index (χ4n) is 10.4. The quantitative estimate of drug-likeness (QED) is 0.168. The molecule has 6 atom stereocenters. The van der Waals surface area contributed by atoms with Gasteiger partial charge in [0.15, 0.2) is 0 Å². The number of ether oxygens (including phenoxy) is 2. The van der Waals surface area contributed by atoms with Crippen molar-refractivity contribution >= 4 is 40.5 Å². The van der Waals surface area contributed by atoms with Crippen molar-refractivity contribution in [2.45, 2.75) is 97.0 Å². The molecule has 0 saturated carbocycles. The number of rotatable bonds is 8. The number of hydrogen-bond acceptors (Lipinski definition) is 10. The SMILES string of the molecule is C=CC(=O)N1CC[C@H](C(=O)N(C)[C@H](C(=O)NC2Cc3cc(n[nH]3)-c3ccc4c(c3)c3c(n4CC)-c4cccnc4[C@@H](OC)C3C(C)(C)COC(=O)[C@@H]3CCCN(N3)C2=O)C(C)C)C1. The number of aromatic nitrogens is 4. The molecule has 6 heterocycles. The molecule has 0 spiro atoms. The molecule has 3 aliphatic heterocycles. The molecule has 63 heavy (non-hydrogen) atoms. The smallest absolute Gasteiger partial charge is 0.324 e. The second-order valence-corrected chi connectivity index (χ2v) is 18.4. The van der Waals surface area contributed by atoms with Gasteiger partial charge in [-0.1, -0.05) is 40.3 Å². The topological polar surface area (TPSA) is 184 Å². The predicted octanol–water partition coefficient (Wildman–Crippen LogP) is 4.52. The number of methoxy groups -OCH3 is 1. The first kappa shape index (κ1) is 43.8. The van der Waals surface area contributed by atoms with Gasteiger partial charge >= 0.3 is 5.97 Å². The Morgan fingerprint density at radius 2 is 1.94 bits per heavy atom. The van der Waals surface area contributed by atoms with Gasteiger partial charge in [-0.15, -0.1) is 0 Å². The standard InChI is InChI=1S/C47H59N9O7/c1-9-36(57)54-20-17-28(24-54)44(59)53(7)40(26(3)4)43(58)49-34-23-29-22-33(51-50-29)27-15-16-35-31(21-27)37-38(42(62-8)39-30(13-11-18-48-39)41(37)55(35)10-2)47(5,6)25-63-46(61)32-14-12-19-56(52-32)45(34)60/h9,11,13,15-16,18,21-22,26,28,32,34,38,40,42,52H,1,10,12,14,17,19-20,23-25H2,2-8H3,(H,49,58)(H,50,51)/t28-,32-,34?,38?,40-,42-/m0/s1. The van der Waals surface area contributed by atoms with Crippen LogP contribution in [0.2, 0.25) is 0 Å². The van der Waals surface area contributed by atoms with Crippen molar-refractivity contribution in [1.82, 2.24) is 45.3 Å². The van der Waals surface area contributed by atoms with Crippen LogP contribution in [-0.4, -0.2) is 123 Å². The minimum atomic E-state index is -1.10. The molecule has 8 rings (SSSR count). The van der Waals surface area contributed by atoms with Crippen LogP contribution < -0.4 is 10.7 Å². The number of esters is 1. The molecule has 334 valence electrons. The van der Waals surface area contributed by atoms with E-state index in [-0.39, 0.29) is 43.2 Å². The summed E-state index contributed by atoms with van der Waals surface area (Å²) in [6, 6.07) is 9.40. The maximum absolute atomic E-state index is 14.6. The number of carbonyl (C=O) groups is 5. The molecule has 4 aromatic rings. The third-order valence-electron chi connectivity index (χ3n) is 13.5. The fourth-order valence-corrected chi connectivity index (χ4v) is 10.4. The first-order valence-corrected chi connectivity index (χ1v) is 22.1. The molecule has 16 nitrogen and oxygen atoms in total. The lowest BCUT2D eigenvalue weighted by Crippen LogP contribution is -2.62. The van der Waals surface area contributed by atoms with E-state index in [0.717, 1.165) is 39.0 Å². The summed E-state index contributed by atoms with van der Waals surface area (Å²) in [5.74, 6) is -2.98. The fraction of sp³-hybridized carbons (Fsp3) is 0.511. The van der Waals surface area contributed by atoms with E-state index in [2.05, 4.69) is 66.0 Å². The molecular weight excluding hydrogens is 803 g/mol. The largest absolute Gasteiger partial charge is 0.464 e. The summed E-state index contributed by atoms with van der Waals surface area (Å²) < 4.78 is 14.8. The number of fused-ring (bicyclic) bond motifs is 8. The Balaban J connectivity index is 1.18. The number of H-pyrrole nitrogens is 1. The van der Waals surface area contributed by atoms with E-state index >= 15 is 0 Å². The Bertz CT molecular complexity index is 2450. The van der Waals surface area contributed by atoms with E-state index in [1.807, 2.05) is 32.0 Å². The Hall–Kier alpha value is -5.87. The molecule has 3 aromatic heterocycles. The normalized spacial score (nSPS) is 23.8. The monoisotopic (exact) mass is 861 g/mol. The number of likely N-dealkylation sites (N-methyl/N-ethyl adjacent to an activating group) is 1. The van der Waals surface area contributed by atoms with E-state index in [9.17, 15) is 24.0 Å². The van der Waals surface area contributed by atoms with Crippen LogP contribution >= 0.6 is 0 Å². The van der Waals surface area contributed by atoms with E-state index in [1.165, 1.54) is 16.0 Å². The molecule has 16 heteroatoms. The van der Waals surface area contributed by atoms with Gasteiger partial charge < -0.3 is 29.2 Å². The third kappa shape index (κ3) is 7.92. The molecule has 0 radical (unpaired) electrons. The number of hydrogen-bond donors (Lipinski definition) is 3. The summed E-state index contributed by atoms with van der Waals surface area (Å²) in [5.41, 5.74) is 9.62. The van der Waals surface area contributed by atoms with Gasteiger partial charge in [-0.25, -0.2) is 5.43 Å². The van der Waals surface area contributed by atoms with Crippen LogP contribution in [0.4, 0.5) is 0 Å². The van der Waals surface area contributed by atoms with Gasteiger partial charge in [0.25, 0.3) is 5.91 Å².